The van der Waals surface area contributed by atoms with Crippen molar-refractivity contribution in [1.82, 2.24) is 14.9 Å². The fraction of sp³-hybridized carbons (Fsp3) is 0.524. The number of carboxylic acid groups (broad SMARTS) is 1. The van der Waals surface area contributed by atoms with Crippen LogP contribution in [0.4, 0.5) is 5.82 Å². The molecule has 9 heteroatoms. The first-order chi connectivity index (χ1) is 14.5. The zero-order valence-corrected chi connectivity index (χ0v) is 17.7. The number of aliphatic carboxylic acids is 1. The van der Waals surface area contributed by atoms with Crippen LogP contribution in [0.25, 0.3) is 11.5 Å². The summed E-state index contributed by atoms with van der Waals surface area (Å²) in [6.45, 7) is 4.21. The van der Waals surface area contributed by atoms with E-state index in [0.29, 0.717) is 73.4 Å². The first kappa shape index (κ1) is 20.7. The Kier molecular flexibility index (Phi) is 5.94. The van der Waals surface area contributed by atoms with Crippen molar-refractivity contribution in [1.29, 1.82) is 0 Å². The van der Waals surface area contributed by atoms with E-state index in [4.69, 9.17) is 21.0 Å². The van der Waals surface area contributed by atoms with Crippen LogP contribution in [0.2, 0.25) is 5.02 Å². The molecule has 0 spiro atoms. The van der Waals surface area contributed by atoms with Gasteiger partial charge >= 0.3 is 5.97 Å². The highest BCUT2D eigenvalue weighted by Gasteiger charge is 2.29. The van der Waals surface area contributed by atoms with Crippen LogP contribution in [-0.4, -0.2) is 51.5 Å². The summed E-state index contributed by atoms with van der Waals surface area (Å²) in [5, 5.41) is 9.71. The average molecular weight is 433 g/mol. The van der Waals surface area contributed by atoms with Gasteiger partial charge in [0.15, 0.2) is 0 Å². The Bertz CT molecular complexity index is 952. The summed E-state index contributed by atoms with van der Waals surface area (Å²) in [6, 6.07) is 1.80. The van der Waals surface area contributed by atoms with E-state index in [1.165, 1.54) is 0 Å². The third kappa shape index (κ3) is 4.14. The van der Waals surface area contributed by atoms with Gasteiger partial charge in [0.2, 0.25) is 11.8 Å². The Hall–Kier alpha value is -2.61. The van der Waals surface area contributed by atoms with Gasteiger partial charge in [-0.25, -0.2) is 9.97 Å². The van der Waals surface area contributed by atoms with Gasteiger partial charge in [0.1, 0.15) is 11.6 Å². The molecule has 0 atom stereocenters. The van der Waals surface area contributed by atoms with Crippen LogP contribution in [0.1, 0.15) is 44.1 Å². The lowest BCUT2D eigenvalue weighted by Gasteiger charge is -2.32. The lowest BCUT2D eigenvalue weighted by Crippen LogP contribution is -2.37. The molecule has 0 aliphatic carbocycles. The number of likely N-dealkylation sites (tertiary alicyclic amines) is 1. The van der Waals surface area contributed by atoms with Gasteiger partial charge in [-0.3, -0.25) is 9.59 Å². The average Bonchev–Trinajstić information content (AvgIpc) is 3.38. The van der Waals surface area contributed by atoms with Gasteiger partial charge in [-0.15, -0.1) is 0 Å². The monoisotopic (exact) mass is 432 g/mol. The van der Waals surface area contributed by atoms with Crippen LogP contribution in [0.15, 0.2) is 16.7 Å². The van der Waals surface area contributed by atoms with Gasteiger partial charge in [-0.05, 0) is 25.3 Å². The third-order valence-electron chi connectivity index (χ3n) is 5.82. The molecule has 1 N–H and O–H groups in total. The molecule has 4 rings (SSSR count). The van der Waals surface area contributed by atoms with Crippen molar-refractivity contribution in [2.75, 3.05) is 24.5 Å². The molecule has 0 aromatic carbocycles. The molecule has 2 fully saturated rings. The Morgan fingerprint density at radius 3 is 2.70 bits per heavy atom. The molecule has 2 aliphatic rings. The normalized spacial score (nSPS) is 17.7. The first-order valence-electron chi connectivity index (χ1n) is 10.4. The van der Waals surface area contributed by atoms with Gasteiger partial charge < -0.3 is 19.3 Å². The Morgan fingerprint density at radius 1 is 1.33 bits per heavy atom. The van der Waals surface area contributed by atoms with E-state index in [9.17, 15) is 14.7 Å². The van der Waals surface area contributed by atoms with Crippen molar-refractivity contribution in [2.24, 2.45) is 5.92 Å². The predicted octanol–water partition coefficient (Wildman–Crippen LogP) is 3.38. The number of carbonyl (C=O) groups excluding carboxylic acids is 1. The molecule has 0 saturated carbocycles. The molecule has 30 heavy (non-hydrogen) atoms. The largest absolute Gasteiger partial charge is 0.481 e. The summed E-state index contributed by atoms with van der Waals surface area (Å²) in [4.78, 5) is 36.5. The lowest BCUT2D eigenvalue weighted by molar-refractivity contribution is -0.142. The number of carboxylic acids is 1. The Balaban J connectivity index is 1.67. The van der Waals surface area contributed by atoms with Crippen molar-refractivity contribution >= 4 is 29.3 Å². The van der Waals surface area contributed by atoms with Crippen LogP contribution in [0.3, 0.4) is 0 Å². The molecule has 160 valence electrons. The number of amides is 1. The van der Waals surface area contributed by atoms with Crippen LogP contribution in [0, 0.1) is 5.92 Å². The van der Waals surface area contributed by atoms with E-state index in [-0.39, 0.29) is 11.8 Å². The Labute approximate surface area is 179 Å². The number of piperidine rings is 1. The number of hydrogen-bond acceptors (Lipinski definition) is 6. The zero-order chi connectivity index (χ0) is 21.3. The summed E-state index contributed by atoms with van der Waals surface area (Å²) in [7, 11) is 0. The van der Waals surface area contributed by atoms with Crippen molar-refractivity contribution in [2.45, 2.75) is 45.6 Å². The molecular formula is C21H25ClN4O4. The van der Waals surface area contributed by atoms with Crippen molar-refractivity contribution in [3.05, 3.63) is 28.7 Å². The van der Waals surface area contributed by atoms with E-state index in [1.54, 1.807) is 17.2 Å². The highest BCUT2D eigenvalue weighted by molar-refractivity contribution is 6.33. The number of rotatable bonds is 6. The lowest BCUT2D eigenvalue weighted by atomic mass is 9.97. The van der Waals surface area contributed by atoms with Gasteiger partial charge in [0.05, 0.1) is 34.9 Å². The minimum atomic E-state index is -0.757. The number of aryl methyl sites for hydroxylation is 1. The number of hydrogen-bond donors (Lipinski definition) is 1. The molecule has 1 amide bonds. The maximum absolute atomic E-state index is 12.2. The van der Waals surface area contributed by atoms with Gasteiger partial charge in [0, 0.05) is 32.5 Å². The Morgan fingerprint density at radius 2 is 2.10 bits per heavy atom. The molecule has 0 radical (unpaired) electrons. The smallest absolute Gasteiger partial charge is 0.306 e. The number of nitrogens with zero attached hydrogens (tertiary/aromatic N) is 4. The second kappa shape index (κ2) is 8.63. The maximum atomic E-state index is 12.2. The predicted molar refractivity (Wildman–Crippen MR) is 111 cm³/mol. The highest BCUT2D eigenvalue weighted by Crippen LogP contribution is 2.34. The standard InChI is InChI=1S/C21H25ClN4O4/c1-2-14-11-23-20(30-14)15-10-16(22)19(25-8-5-13(6-9-25)21(28)29)24-17(15)12-26-7-3-4-18(26)27/h10-11,13H,2-9,12H2,1H3,(H,28,29). The number of oxazole rings is 1. The molecule has 2 aromatic rings. The summed E-state index contributed by atoms with van der Waals surface area (Å²) >= 11 is 6.60. The third-order valence-corrected chi connectivity index (χ3v) is 6.10. The molecule has 2 saturated heterocycles. The molecule has 0 bridgehead atoms. The topological polar surface area (TPSA) is 99.8 Å². The fourth-order valence-electron chi connectivity index (χ4n) is 4.03. The number of halogens is 1. The summed E-state index contributed by atoms with van der Waals surface area (Å²) in [6.07, 6.45) is 4.92. The molecule has 8 nitrogen and oxygen atoms in total. The minimum Gasteiger partial charge on any atom is -0.481 e. The van der Waals surface area contributed by atoms with Crippen molar-refractivity contribution < 1.29 is 19.1 Å². The van der Waals surface area contributed by atoms with Crippen LogP contribution < -0.4 is 4.90 Å². The van der Waals surface area contributed by atoms with E-state index in [1.807, 2.05) is 11.8 Å². The molecule has 0 unspecified atom stereocenters. The van der Waals surface area contributed by atoms with Gasteiger partial charge in [-0.1, -0.05) is 18.5 Å². The summed E-state index contributed by atoms with van der Waals surface area (Å²) in [5.41, 5.74) is 1.37. The molecular weight excluding hydrogens is 408 g/mol. The van der Waals surface area contributed by atoms with Gasteiger partial charge in [0.25, 0.3) is 0 Å². The second-order valence-corrected chi connectivity index (χ2v) is 8.20. The quantitative estimate of drug-likeness (QED) is 0.746. The fourth-order valence-corrected chi connectivity index (χ4v) is 4.30. The molecule has 4 heterocycles. The van der Waals surface area contributed by atoms with E-state index in [2.05, 4.69) is 4.98 Å². The number of pyridine rings is 1. The van der Waals surface area contributed by atoms with Gasteiger partial charge in [-0.2, -0.15) is 0 Å². The SMILES string of the molecule is CCc1cnc(-c2cc(Cl)c(N3CCC(C(=O)O)CC3)nc2CN2CCCC2=O)o1. The van der Waals surface area contributed by atoms with E-state index >= 15 is 0 Å². The van der Waals surface area contributed by atoms with Crippen LogP contribution in [0.5, 0.6) is 0 Å². The first-order valence-corrected chi connectivity index (χ1v) is 10.7. The zero-order valence-electron chi connectivity index (χ0n) is 16.9. The van der Waals surface area contributed by atoms with E-state index in [0.717, 1.165) is 18.6 Å². The summed E-state index contributed by atoms with van der Waals surface area (Å²) < 4.78 is 5.84. The molecule has 2 aliphatic heterocycles. The number of aromatic nitrogens is 2. The summed E-state index contributed by atoms with van der Waals surface area (Å²) in [5.74, 6) is 0.855. The van der Waals surface area contributed by atoms with Crippen molar-refractivity contribution in [3.8, 4) is 11.5 Å². The second-order valence-electron chi connectivity index (χ2n) is 7.79. The highest BCUT2D eigenvalue weighted by atomic mass is 35.5. The van der Waals surface area contributed by atoms with Crippen LogP contribution >= 0.6 is 11.6 Å². The van der Waals surface area contributed by atoms with Crippen LogP contribution in [-0.2, 0) is 22.6 Å². The maximum Gasteiger partial charge on any atom is 0.306 e. The van der Waals surface area contributed by atoms with Crippen molar-refractivity contribution in [3.63, 3.8) is 0 Å². The minimum absolute atomic E-state index is 0.114. The molecule has 2 aromatic heterocycles. The number of carbonyl (C=O) groups is 2. The van der Waals surface area contributed by atoms with E-state index < -0.39 is 5.97 Å². The number of anilines is 1.